The average Bonchev–Trinajstić information content (AvgIpc) is 2.26. The molecule has 1 aromatic carbocycles. The van der Waals surface area contributed by atoms with Crippen molar-refractivity contribution in [3.63, 3.8) is 0 Å². The zero-order valence-electron chi connectivity index (χ0n) is 11.6. The number of ether oxygens (including phenoxy) is 1. The third-order valence-corrected chi connectivity index (χ3v) is 5.78. The fraction of sp³-hybridized carbons (Fsp3) is 0.462. The van der Waals surface area contributed by atoms with Gasteiger partial charge in [-0.15, -0.1) is 0 Å². The van der Waals surface area contributed by atoms with Crippen LogP contribution in [0.4, 0.5) is 0 Å². The van der Waals surface area contributed by atoms with Crippen molar-refractivity contribution in [1.82, 2.24) is 0 Å². The molecule has 0 radical (unpaired) electrons. The monoisotopic (exact) mass is 335 g/mol. The van der Waals surface area contributed by atoms with E-state index in [2.05, 4.69) is 0 Å². The molecule has 0 amide bonds. The van der Waals surface area contributed by atoms with Crippen LogP contribution in [0.15, 0.2) is 18.2 Å². The molecule has 112 valence electrons. The number of rotatable bonds is 5. The molecule has 0 saturated heterocycles. The van der Waals surface area contributed by atoms with E-state index in [0.29, 0.717) is 16.3 Å². The van der Waals surface area contributed by atoms with Gasteiger partial charge in [0.15, 0.2) is 9.84 Å². The molecule has 0 aliphatic rings. The van der Waals surface area contributed by atoms with E-state index in [1.165, 1.54) is 0 Å². The molecule has 0 spiro atoms. The Bertz CT molecular complexity index is 607. The van der Waals surface area contributed by atoms with Crippen molar-refractivity contribution in [2.75, 3.05) is 12.4 Å². The molecular weight excluding hydrogens is 318 g/mol. The number of benzene rings is 1. The lowest BCUT2D eigenvalue weighted by atomic mass is 10.2. The Hall–Kier alpha value is -0.850. The zero-order chi connectivity index (χ0) is 15.6. The number of sulfone groups is 1. The number of halogens is 1. The highest BCUT2D eigenvalue weighted by Gasteiger charge is 2.28. The number of thiocarbonyl (C=S) groups is 1. The average molecular weight is 336 g/mol. The van der Waals surface area contributed by atoms with E-state index in [0.717, 1.165) is 0 Å². The molecule has 0 heterocycles. The lowest BCUT2D eigenvalue weighted by Gasteiger charge is -2.19. The number of hydrogen-bond acceptors (Lipinski definition) is 4. The largest absolute Gasteiger partial charge is 0.492 e. The van der Waals surface area contributed by atoms with Gasteiger partial charge in [-0.05, 0) is 39.0 Å². The van der Waals surface area contributed by atoms with Gasteiger partial charge in [-0.1, -0.05) is 23.8 Å². The van der Waals surface area contributed by atoms with Crippen LogP contribution in [0, 0.1) is 0 Å². The van der Waals surface area contributed by atoms with Crippen molar-refractivity contribution in [3.8, 4) is 5.75 Å². The van der Waals surface area contributed by atoms with E-state index in [1.807, 2.05) is 0 Å². The molecule has 0 fully saturated rings. The maximum Gasteiger partial charge on any atom is 0.158 e. The highest BCUT2D eigenvalue weighted by atomic mass is 35.5. The Balaban J connectivity index is 2.82. The molecule has 2 N–H and O–H groups in total. The molecule has 1 rings (SSSR count). The minimum Gasteiger partial charge on any atom is -0.492 e. The first-order valence-corrected chi connectivity index (χ1v) is 8.43. The molecule has 1 aromatic rings. The summed E-state index contributed by atoms with van der Waals surface area (Å²) in [5.41, 5.74) is 6.12. The fourth-order valence-corrected chi connectivity index (χ4v) is 2.63. The van der Waals surface area contributed by atoms with Crippen LogP contribution in [0.1, 0.15) is 26.3 Å². The molecule has 0 bridgehead atoms. The van der Waals surface area contributed by atoms with E-state index in [-0.39, 0.29) is 17.3 Å². The minimum absolute atomic E-state index is 0.0234. The summed E-state index contributed by atoms with van der Waals surface area (Å²) in [5.74, 6) is 0.314. The van der Waals surface area contributed by atoms with Crippen molar-refractivity contribution in [2.24, 2.45) is 5.73 Å². The topological polar surface area (TPSA) is 69.4 Å². The van der Waals surface area contributed by atoms with Crippen LogP contribution in [0.25, 0.3) is 0 Å². The van der Waals surface area contributed by atoms with Crippen LogP contribution in [-0.2, 0) is 9.84 Å². The molecular formula is C13H18ClNO3S2. The summed E-state index contributed by atoms with van der Waals surface area (Å²) in [6.07, 6.45) is 0. The molecule has 0 unspecified atom stereocenters. The standard InChI is InChI=1S/C13H18ClNO3S2/c1-13(2,3)20(16,17)7-6-18-11-8-9(14)4-5-10(11)12(15)19/h4-5,8H,6-7H2,1-3H3,(H2,15,19). The van der Waals surface area contributed by atoms with Gasteiger partial charge in [0.1, 0.15) is 17.3 Å². The van der Waals surface area contributed by atoms with Gasteiger partial charge in [-0.3, -0.25) is 0 Å². The van der Waals surface area contributed by atoms with Gasteiger partial charge in [-0.2, -0.15) is 0 Å². The zero-order valence-corrected chi connectivity index (χ0v) is 14.0. The molecule has 0 aromatic heterocycles. The van der Waals surface area contributed by atoms with Gasteiger partial charge in [0.25, 0.3) is 0 Å². The van der Waals surface area contributed by atoms with E-state index in [1.54, 1.807) is 39.0 Å². The highest BCUT2D eigenvalue weighted by Crippen LogP contribution is 2.24. The third kappa shape index (κ3) is 4.33. The van der Waals surface area contributed by atoms with Crippen LogP contribution in [0.3, 0.4) is 0 Å². The summed E-state index contributed by atoms with van der Waals surface area (Å²) in [6.45, 7) is 4.99. The molecule has 20 heavy (non-hydrogen) atoms. The van der Waals surface area contributed by atoms with Gasteiger partial charge in [0.05, 0.1) is 16.1 Å². The highest BCUT2D eigenvalue weighted by molar-refractivity contribution is 7.92. The Morgan fingerprint density at radius 2 is 2.00 bits per heavy atom. The molecule has 0 aliphatic heterocycles. The van der Waals surface area contributed by atoms with Crippen molar-refractivity contribution < 1.29 is 13.2 Å². The summed E-state index contributed by atoms with van der Waals surface area (Å²) in [5, 5.41) is 0.471. The molecule has 0 atom stereocenters. The summed E-state index contributed by atoms with van der Waals surface area (Å²) in [7, 11) is -3.23. The maximum absolute atomic E-state index is 12.0. The molecule has 0 saturated carbocycles. The summed E-state index contributed by atoms with van der Waals surface area (Å²) in [6, 6.07) is 4.87. The predicted molar refractivity (Wildman–Crippen MR) is 86.4 cm³/mol. The van der Waals surface area contributed by atoms with E-state index >= 15 is 0 Å². The molecule has 0 aliphatic carbocycles. The van der Waals surface area contributed by atoms with Crippen molar-refractivity contribution in [3.05, 3.63) is 28.8 Å². The Kier molecular flexibility index (Phi) is 5.40. The third-order valence-electron chi connectivity index (χ3n) is 2.75. The van der Waals surface area contributed by atoms with E-state index < -0.39 is 14.6 Å². The van der Waals surface area contributed by atoms with Gasteiger partial charge in [0, 0.05) is 5.02 Å². The second kappa shape index (κ2) is 6.28. The Labute approximate surface area is 130 Å². The SMILES string of the molecule is CC(C)(C)S(=O)(=O)CCOc1cc(Cl)ccc1C(N)=S. The van der Waals surface area contributed by atoms with Gasteiger partial charge in [-0.25, -0.2) is 8.42 Å². The normalized spacial score (nSPS) is 12.2. The number of hydrogen-bond donors (Lipinski definition) is 1. The van der Waals surface area contributed by atoms with Crippen LogP contribution in [0.5, 0.6) is 5.75 Å². The first-order chi connectivity index (χ1) is 9.04. The minimum atomic E-state index is -3.23. The van der Waals surface area contributed by atoms with Gasteiger partial charge in [0.2, 0.25) is 0 Å². The van der Waals surface area contributed by atoms with Crippen LogP contribution in [-0.4, -0.2) is 30.5 Å². The van der Waals surface area contributed by atoms with E-state index in [4.69, 9.17) is 34.3 Å². The Morgan fingerprint density at radius 3 is 2.50 bits per heavy atom. The number of nitrogens with two attached hydrogens (primary N) is 1. The van der Waals surface area contributed by atoms with Crippen LogP contribution < -0.4 is 10.5 Å². The summed E-state index contributed by atoms with van der Waals surface area (Å²) < 4.78 is 28.6. The molecule has 7 heteroatoms. The quantitative estimate of drug-likeness (QED) is 0.837. The van der Waals surface area contributed by atoms with Crippen LogP contribution in [0.2, 0.25) is 5.02 Å². The second-order valence-corrected chi connectivity index (χ2v) is 9.02. The lowest BCUT2D eigenvalue weighted by molar-refractivity contribution is 0.339. The predicted octanol–water partition coefficient (Wildman–Crippen LogP) is 2.57. The van der Waals surface area contributed by atoms with E-state index in [9.17, 15) is 8.42 Å². The van der Waals surface area contributed by atoms with Crippen LogP contribution >= 0.6 is 23.8 Å². The first-order valence-electron chi connectivity index (χ1n) is 5.99. The first kappa shape index (κ1) is 17.2. The summed E-state index contributed by atoms with van der Waals surface area (Å²) in [4.78, 5) is 0.176. The fourth-order valence-electron chi connectivity index (χ4n) is 1.39. The second-order valence-electron chi connectivity index (χ2n) is 5.28. The van der Waals surface area contributed by atoms with Crippen molar-refractivity contribution in [1.29, 1.82) is 0 Å². The molecule has 4 nitrogen and oxygen atoms in total. The maximum atomic E-state index is 12.0. The van der Waals surface area contributed by atoms with Gasteiger partial charge >= 0.3 is 0 Å². The smallest absolute Gasteiger partial charge is 0.158 e. The van der Waals surface area contributed by atoms with Crippen molar-refractivity contribution in [2.45, 2.75) is 25.5 Å². The Morgan fingerprint density at radius 1 is 1.40 bits per heavy atom. The summed E-state index contributed by atoms with van der Waals surface area (Å²) >= 11 is 10.8. The lowest BCUT2D eigenvalue weighted by Crippen LogP contribution is -2.32. The van der Waals surface area contributed by atoms with Crippen molar-refractivity contribution >= 4 is 38.6 Å². The van der Waals surface area contributed by atoms with Gasteiger partial charge < -0.3 is 10.5 Å².